The topological polar surface area (TPSA) is 15.3 Å². The number of hydrogen-bond acceptors (Lipinski definition) is 2. The molecule has 0 aliphatic carbocycles. The minimum Gasteiger partial charge on any atom is -0.308 e. The second-order valence-electron chi connectivity index (χ2n) is 6.20. The van der Waals surface area contributed by atoms with Crippen LogP contribution in [-0.4, -0.2) is 31.1 Å². The number of rotatable bonds is 3. The van der Waals surface area contributed by atoms with Gasteiger partial charge >= 0.3 is 0 Å². The molecule has 0 saturated carbocycles. The summed E-state index contributed by atoms with van der Waals surface area (Å²) in [4.78, 5) is 2.35. The van der Waals surface area contributed by atoms with Crippen LogP contribution in [0, 0.1) is 18.2 Å². The van der Waals surface area contributed by atoms with Gasteiger partial charge in [0.05, 0.1) is 0 Å². The van der Waals surface area contributed by atoms with Gasteiger partial charge in [0, 0.05) is 25.7 Å². The number of aryl methyl sites for hydroxylation is 1. The van der Waals surface area contributed by atoms with E-state index in [4.69, 9.17) is 0 Å². The second kappa shape index (κ2) is 4.98. The van der Waals surface area contributed by atoms with Crippen LogP contribution in [0.5, 0.6) is 0 Å². The highest BCUT2D eigenvalue weighted by molar-refractivity contribution is 5.23. The van der Waals surface area contributed by atoms with Gasteiger partial charge in [0.1, 0.15) is 5.82 Å². The molecule has 3 heteroatoms. The summed E-state index contributed by atoms with van der Waals surface area (Å²) in [7, 11) is 2.16. The molecule has 1 aliphatic rings. The Bertz CT molecular complexity index is 429. The molecule has 0 amide bonds. The van der Waals surface area contributed by atoms with Gasteiger partial charge in [-0.15, -0.1) is 0 Å². The highest BCUT2D eigenvalue weighted by Crippen LogP contribution is 2.28. The highest BCUT2D eigenvalue weighted by atomic mass is 19.1. The summed E-state index contributed by atoms with van der Waals surface area (Å²) in [5.74, 6) is -0.125. The molecule has 1 atom stereocenters. The van der Waals surface area contributed by atoms with Gasteiger partial charge in [0.15, 0.2) is 0 Å². The van der Waals surface area contributed by atoms with E-state index in [0.717, 1.165) is 30.8 Å². The van der Waals surface area contributed by atoms with Crippen molar-refractivity contribution in [1.82, 2.24) is 10.2 Å². The quantitative estimate of drug-likeness (QED) is 0.887. The van der Waals surface area contributed by atoms with Gasteiger partial charge in [-0.3, -0.25) is 0 Å². The third-order valence-electron chi connectivity index (χ3n) is 3.89. The molecule has 0 spiro atoms. The van der Waals surface area contributed by atoms with Crippen molar-refractivity contribution in [3.63, 3.8) is 0 Å². The lowest BCUT2D eigenvalue weighted by molar-refractivity contribution is 0.297. The SMILES string of the molecule is Cc1cc(CNC2CN(C)CC2(C)C)ccc1F. The number of likely N-dealkylation sites (N-methyl/N-ethyl adjacent to an activating group) is 1. The fourth-order valence-corrected chi connectivity index (χ4v) is 2.83. The van der Waals surface area contributed by atoms with Crippen LogP contribution in [0.1, 0.15) is 25.0 Å². The van der Waals surface area contributed by atoms with E-state index in [1.54, 1.807) is 6.07 Å². The first-order valence-electron chi connectivity index (χ1n) is 6.55. The van der Waals surface area contributed by atoms with E-state index in [1.807, 2.05) is 19.1 Å². The first-order valence-corrected chi connectivity index (χ1v) is 6.55. The number of benzene rings is 1. The van der Waals surface area contributed by atoms with Gasteiger partial charge in [-0.25, -0.2) is 4.39 Å². The molecule has 1 aromatic rings. The molecule has 18 heavy (non-hydrogen) atoms. The molecule has 1 heterocycles. The molecule has 0 radical (unpaired) electrons. The monoisotopic (exact) mass is 250 g/mol. The van der Waals surface area contributed by atoms with E-state index >= 15 is 0 Å². The first-order chi connectivity index (χ1) is 8.38. The minimum absolute atomic E-state index is 0.125. The zero-order chi connectivity index (χ0) is 13.3. The van der Waals surface area contributed by atoms with Crippen LogP contribution in [0.25, 0.3) is 0 Å². The maximum absolute atomic E-state index is 13.2. The van der Waals surface area contributed by atoms with Crippen LogP contribution in [0.3, 0.4) is 0 Å². The summed E-state index contributed by atoms with van der Waals surface area (Å²) in [6.45, 7) is 9.41. The maximum Gasteiger partial charge on any atom is 0.126 e. The molecular formula is C15H23FN2. The van der Waals surface area contributed by atoms with Crippen LogP contribution in [0.4, 0.5) is 4.39 Å². The molecule has 2 rings (SSSR count). The molecule has 2 nitrogen and oxygen atoms in total. The molecule has 1 N–H and O–H groups in total. The molecular weight excluding hydrogens is 227 g/mol. The smallest absolute Gasteiger partial charge is 0.126 e. The Balaban J connectivity index is 1.97. The van der Waals surface area contributed by atoms with Crippen molar-refractivity contribution in [2.24, 2.45) is 5.41 Å². The van der Waals surface area contributed by atoms with Gasteiger partial charge in [-0.1, -0.05) is 26.0 Å². The first kappa shape index (κ1) is 13.5. The Kier molecular flexibility index (Phi) is 3.74. The number of hydrogen-bond donors (Lipinski definition) is 1. The van der Waals surface area contributed by atoms with Crippen molar-refractivity contribution in [3.8, 4) is 0 Å². The lowest BCUT2D eigenvalue weighted by Crippen LogP contribution is -2.40. The van der Waals surface area contributed by atoms with Crippen LogP contribution in [0.2, 0.25) is 0 Å². The highest BCUT2D eigenvalue weighted by Gasteiger charge is 2.37. The Morgan fingerprint density at radius 3 is 2.72 bits per heavy atom. The fourth-order valence-electron chi connectivity index (χ4n) is 2.83. The third-order valence-corrected chi connectivity index (χ3v) is 3.89. The Morgan fingerprint density at radius 2 is 2.17 bits per heavy atom. The predicted octanol–water partition coefficient (Wildman–Crippen LogP) is 2.56. The number of halogens is 1. The van der Waals surface area contributed by atoms with Crippen molar-refractivity contribution in [1.29, 1.82) is 0 Å². The molecule has 0 bridgehead atoms. The fraction of sp³-hybridized carbons (Fsp3) is 0.600. The normalized spacial score (nSPS) is 23.5. The van der Waals surface area contributed by atoms with Crippen molar-refractivity contribution < 1.29 is 4.39 Å². The number of nitrogens with one attached hydrogen (secondary N) is 1. The van der Waals surface area contributed by atoms with Gasteiger partial charge in [-0.2, -0.15) is 0 Å². The summed E-state index contributed by atoms with van der Waals surface area (Å²) >= 11 is 0. The zero-order valence-corrected chi connectivity index (χ0v) is 11.8. The minimum atomic E-state index is -0.125. The second-order valence-corrected chi connectivity index (χ2v) is 6.20. The molecule has 1 aromatic carbocycles. The molecule has 0 aromatic heterocycles. The molecule has 100 valence electrons. The van der Waals surface area contributed by atoms with E-state index in [1.165, 1.54) is 0 Å². The lowest BCUT2D eigenvalue weighted by atomic mass is 9.88. The van der Waals surface area contributed by atoms with E-state index in [9.17, 15) is 4.39 Å². The van der Waals surface area contributed by atoms with Crippen LogP contribution < -0.4 is 5.32 Å². The average molecular weight is 250 g/mol. The molecule has 1 fully saturated rings. The van der Waals surface area contributed by atoms with Gasteiger partial charge in [0.25, 0.3) is 0 Å². The number of likely N-dealkylation sites (tertiary alicyclic amines) is 1. The van der Waals surface area contributed by atoms with E-state index in [-0.39, 0.29) is 5.82 Å². The summed E-state index contributed by atoms with van der Waals surface area (Å²) < 4.78 is 13.2. The molecule has 1 unspecified atom stereocenters. The zero-order valence-electron chi connectivity index (χ0n) is 11.8. The summed E-state index contributed by atoms with van der Waals surface area (Å²) in [5.41, 5.74) is 2.17. The lowest BCUT2D eigenvalue weighted by Gasteiger charge is -2.26. The predicted molar refractivity (Wildman–Crippen MR) is 73.0 cm³/mol. The third kappa shape index (κ3) is 2.90. The summed E-state index contributed by atoms with van der Waals surface area (Å²) in [5, 5.41) is 3.60. The van der Waals surface area contributed by atoms with E-state index in [2.05, 4.69) is 31.1 Å². The number of nitrogens with zero attached hydrogens (tertiary/aromatic N) is 1. The van der Waals surface area contributed by atoms with Gasteiger partial charge in [0.2, 0.25) is 0 Å². The van der Waals surface area contributed by atoms with Crippen molar-refractivity contribution in [3.05, 3.63) is 35.1 Å². The van der Waals surface area contributed by atoms with E-state index in [0.29, 0.717) is 11.5 Å². The van der Waals surface area contributed by atoms with Crippen LogP contribution in [0.15, 0.2) is 18.2 Å². The summed E-state index contributed by atoms with van der Waals surface area (Å²) in [6.07, 6.45) is 0. The largest absolute Gasteiger partial charge is 0.308 e. The Hall–Kier alpha value is -0.930. The molecule has 1 saturated heterocycles. The van der Waals surface area contributed by atoms with E-state index < -0.39 is 0 Å². The van der Waals surface area contributed by atoms with Crippen molar-refractivity contribution in [2.45, 2.75) is 33.4 Å². The van der Waals surface area contributed by atoms with Crippen LogP contribution in [-0.2, 0) is 6.54 Å². The van der Waals surface area contributed by atoms with Crippen molar-refractivity contribution >= 4 is 0 Å². The van der Waals surface area contributed by atoms with Crippen molar-refractivity contribution in [2.75, 3.05) is 20.1 Å². The standard InChI is InChI=1S/C15H23FN2/c1-11-7-12(5-6-13(11)16)8-17-14-9-18(4)10-15(14,2)3/h5-7,14,17H,8-10H2,1-4H3. The Morgan fingerprint density at radius 1 is 1.44 bits per heavy atom. The average Bonchev–Trinajstić information content (AvgIpc) is 2.53. The molecule has 1 aliphatic heterocycles. The maximum atomic E-state index is 13.2. The van der Waals surface area contributed by atoms with Crippen LogP contribution >= 0.6 is 0 Å². The summed E-state index contributed by atoms with van der Waals surface area (Å²) in [6, 6.07) is 5.83. The Labute approximate surface area is 109 Å². The van der Waals surface area contributed by atoms with Gasteiger partial charge in [-0.05, 0) is 36.6 Å². The van der Waals surface area contributed by atoms with Gasteiger partial charge < -0.3 is 10.2 Å².